The lowest BCUT2D eigenvalue weighted by atomic mass is 10.0. The van der Waals surface area contributed by atoms with Crippen LogP contribution < -0.4 is 9.04 Å². The van der Waals surface area contributed by atoms with Crippen LogP contribution in [0.2, 0.25) is 0 Å². The van der Waals surface area contributed by atoms with Gasteiger partial charge >= 0.3 is 0 Å². The van der Waals surface area contributed by atoms with Gasteiger partial charge in [0, 0.05) is 37.3 Å². The molecule has 0 atom stereocenters. The van der Waals surface area contributed by atoms with Gasteiger partial charge in [0.1, 0.15) is 11.5 Å². The zero-order valence-corrected chi connectivity index (χ0v) is 19.8. The first-order chi connectivity index (χ1) is 15.9. The van der Waals surface area contributed by atoms with E-state index in [1.807, 2.05) is 55.5 Å². The van der Waals surface area contributed by atoms with E-state index in [1.165, 1.54) is 0 Å². The van der Waals surface area contributed by atoms with Crippen molar-refractivity contribution in [1.82, 2.24) is 4.90 Å². The van der Waals surface area contributed by atoms with E-state index in [-0.39, 0.29) is 10.9 Å². The maximum Gasteiger partial charge on any atom is 0.264 e. The smallest absolute Gasteiger partial charge is 0.264 e. The van der Waals surface area contributed by atoms with Crippen molar-refractivity contribution in [3.05, 3.63) is 83.9 Å². The third-order valence-corrected chi connectivity index (χ3v) is 8.05. The predicted octanol–water partition coefficient (Wildman–Crippen LogP) is 4.57. The molecule has 1 saturated heterocycles. The number of nitrogens with zero attached hydrogens (tertiary/aromatic N) is 2. The summed E-state index contributed by atoms with van der Waals surface area (Å²) >= 11 is 0. The molecule has 1 aliphatic rings. The summed E-state index contributed by atoms with van der Waals surface area (Å²) in [6.07, 6.45) is 1.38. The Bertz CT molecular complexity index is 1190. The lowest BCUT2D eigenvalue weighted by Gasteiger charge is -2.39. The molecule has 33 heavy (non-hydrogen) atoms. The van der Waals surface area contributed by atoms with Crippen molar-refractivity contribution in [2.24, 2.45) is 0 Å². The van der Waals surface area contributed by atoms with Crippen LogP contribution in [0.1, 0.15) is 24.0 Å². The molecule has 0 amide bonds. The minimum atomic E-state index is -3.76. The number of phenols is 1. The first kappa shape index (κ1) is 23.1. The average molecular weight is 467 g/mol. The van der Waals surface area contributed by atoms with Crippen LogP contribution in [0.25, 0.3) is 0 Å². The third kappa shape index (κ3) is 5.15. The monoisotopic (exact) mass is 466 g/mol. The molecule has 3 aromatic rings. The van der Waals surface area contributed by atoms with Crippen molar-refractivity contribution < 1.29 is 18.3 Å². The van der Waals surface area contributed by atoms with Crippen molar-refractivity contribution in [3.63, 3.8) is 0 Å². The van der Waals surface area contributed by atoms with Crippen LogP contribution >= 0.6 is 0 Å². The molecule has 1 fully saturated rings. The predicted molar refractivity (Wildman–Crippen MR) is 130 cm³/mol. The largest absolute Gasteiger partial charge is 0.508 e. The fraction of sp³-hybridized carbons (Fsp3) is 0.308. The fourth-order valence-corrected chi connectivity index (χ4v) is 6.02. The van der Waals surface area contributed by atoms with Crippen LogP contribution in [0.4, 0.5) is 5.69 Å². The molecule has 1 N–H and O–H groups in total. The molecule has 3 aromatic carbocycles. The van der Waals surface area contributed by atoms with Gasteiger partial charge in [-0.3, -0.25) is 9.21 Å². The number of phenolic OH excluding ortho intramolecular Hbond substituents is 1. The van der Waals surface area contributed by atoms with Crippen LogP contribution in [0.5, 0.6) is 11.5 Å². The number of ether oxygens (including phenoxy) is 1. The summed E-state index contributed by atoms with van der Waals surface area (Å²) in [4.78, 5) is 2.54. The van der Waals surface area contributed by atoms with Crippen LogP contribution in [0.3, 0.4) is 0 Å². The SMILES string of the molecule is COc1cccc(N(C2CCN(Cc3ccccc3O)CC2)S(=O)(=O)c2ccc(C)cc2)c1. The van der Waals surface area contributed by atoms with Gasteiger partial charge in [0.25, 0.3) is 10.0 Å². The molecule has 0 unspecified atom stereocenters. The number of rotatable bonds is 7. The van der Waals surface area contributed by atoms with E-state index in [4.69, 9.17) is 4.74 Å². The van der Waals surface area contributed by atoms with Gasteiger partial charge in [-0.1, -0.05) is 42.0 Å². The number of para-hydroxylation sites is 1. The topological polar surface area (TPSA) is 70.1 Å². The van der Waals surface area contributed by atoms with E-state index < -0.39 is 10.0 Å². The normalized spacial score (nSPS) is 15.3. The van der Waals surface area contributed by atoms with Crippen molar-refractivity contribution in [2.45, 2.75) is 37.2 Å². The summed E-state index contributed by atoms with van der Waals surface area (Å²) in [5, 5.41) is 10.1. The molecule has 7 heteroatoms. The van der Waals surface area contributed by atoms with Gasteiger partial charge in [-0.15, -0.1) is 0 Å². The average Bonchev–Trinajstić information content (AvgIpc) is 2.82. The number of methoxy groups -OCH3 is 1. The Balaban J connectivity index is 1.60. The van der Waals surface area contributed by atoms with Crippen LogP contribution in [0, 0.1) is 6.92 Å². The molecule has 0 aliphatic carbocycles. The van der Waals surface area contributed by atoms with Gasteiger partial charge < -0.3 is 9.84 Å². The van der Waals surface area contributed by atoms with E-state index in [9.17, 15) is 13.5 Å². The summed E-state index contributed by atoms with van der Waals surface area (Å²) in [6.45, 7) is 4.06. The number of benzene rings is 3. The maximum absolute atomic E-state index is 13.8. The maximum atomic E-state index is 13.8. The standard InChI is InChI=1S/C26H30N2O4S/c1-20-10-12-25(13-11-20)33(30,31)28(23-7-5-8-24(18-23)32-2)22-14-16-27(17-15-22)19-21-6-3-4-9-26(21)29/h3-13,18,22,29H,14-17,19H2,1-2H3. The Morgan fingerprint density at radius 3 is 2.36 bits per heavy atom. The Morgan fingerprint density at radius 1 is 1.00 bits per heavy atom. The Morgan fingerprint density at radius 2 is 1.70 bits per heavy atom. The summed E-state index contributed by atoms with van der Waals surface area (Å²) in [6, 6.07) is 21.4. The minimum Gasteiger partial charge on any atom is -0.508 e. The molecule has 0 radical (unpaired) electrons. The molecule has 0 saturated carbocycles. The number of aryl methyl sites for hydroxylation is 1. The van der Waals surface area contributed by atoms with Gasteiger partial charge in [0.05, 0.1) is 17.7 Å². The number of hydrogen-bond donors (Lipinski definition) is 1. The van der Waals surface area contributed by atoms with E-state index in [0.717, 1.165) is 24.2 Å². The second-order valence-electron chi connectivity index (χ2n) is 8.45. The first-order valence-corrected chi connectivity index (χ1v) is 12.6. The van der Waals surface area contributed by atoms with Crippen LogP contribution in [0.15, 0.2) is 77.7 Å². The highest BCUT2D eigenvalue weighted by Crippen LogP contribution is 2.33. The Hall–Kier alpha value is -3.03. The molecule has 0 aromatic heterocycles. The second kappa shape index (κ2) is 9.85. The molecular weight excluding hydrogens is 436 g/mol. The van der Waals surface area contributed by atoms with E-state index in [0.29, 0.717) is 36.6 Å². The van der Waals surface area contributed by atoms with Crippen molar-refractivity contribution >= 4 is 15.7 Å². The zero-order valence-electron chi connectivity index (χ0n) is 19.0. The fourth-order valence-electron chi connectivity index (χ4n) is 4.31. The molecule has 1 aliphatic heterocycles. The second-order valence-corrected chi connectivity index (χ2v) is 10.3. The third-order valence-electron chi connectivity index (χ3n) is 6.16. The van der Waals surface area contributed by atoms with Crippen LogP contribution in [-0.4, -0.2) is 44.7 Å². The molecular formula is C26H30N2O4S. The van der Waals surface area contributed by atoms with Crippen molar-refractivity contribution in [3.8, 4) is 11.5 Å². The number of sulfonamides is 1. The highest BCUT2D eigenvalue weighted by atomic mass is 32.2. The number of aromatic hydroxyl groups is 1. The lowest BCUT2D eigenvalue weighted by Crippen LogP contribution is -2.47. The number of piperidine rings is 1. The first-order valence-electron chi connectivity index (χ1n) is 11.1. The van der Waals surface area contributed by atoms with Gasteiger partial charge in [-0.25, -0.2) is 8.42 Å². The summed E-state index contributed by atoms with van der Waals surface area (Å²) in [5.41, 5.74) is 2.50. The van der Waals surface area contributed by atoms with Crippen molar-refractivity contribution in [2.75, 3.05) is 24.5 Å². The highest BCUT2D eigenvalue weighted by molar-refractivity contribution is 7.92. The number of hydrogen-bond acceptors (Lipinski definition) is 5. The zero-order chi connectivity index (χ0) is 23.4. The molecule has 0 bridgehead atoms. The van der Waals surface area contributed by atoms with Crippen molar-refractivity contribution in [1.29, 1.82) is 0 Å². The van der Waals surface area contributed by atoms with Gasteiger partial charge in [0.2, 0.25) is 0 Å². The highest BCUT2D eigenvalue weighted by Gasteiger charge is 2.34. The van der Waals surface area contributed by atoms with Gasteiger partial charge in [0.15, 0.2) is 0 Å². The Labute approximate surface area is 196 Å². The number of anilines is 1. The summed E-state index contributed by atoms with van der Waals surface area (Å²) in [7, 11) is -2.18. The molecule has 174 valence electrons. The van der Waals surface area contributed by atoms with Crippen LogP contribution in [-0.2, 0) is 16.6 Å². The van der Waals surface area contributed by atoms with Gasteiger partial charge in [-0.05, 0) is 50.1 Å². The van der Waals surface area contributed by atoms with Gasteiger partial charge in [-0.2, -0.15) is 0 Å². The van der Waals surface area contributed by atoms with E-state index >= 15 is 0 Å². The van der Waals surface area contributed by atoms with E-state index in [1.54, 1.807) is 35.7 Å². The molecule has 4 rings (SSSR count). The summed E-state index contributed by atoms with van der Waals surface area (Å²) < 4.78 is 34.5. The van der Waals surface area contributed by atoms with E-state index in [2.05, 4.69) is 4.90 Å². The molecule has 1 heterocycles. The quantitative estimate of drug-likeness (QED) is 0.552. The number of likely N-dealkylation sites (tertiary alicyclic amines) is 1. The Kier molecular flexibility index (Phi) is 6.91. The minimum absolute atomic E-state index is 0.177. The molecule has 0 spiro atoms. The molecule has 6 nitrogen and oxygen atoms in total. The lowest BCUT2D eigenvalue weighted by molar-refractivity contribution is 0.204. The summed E-state index contributed by atoms with van der Waals surface area (Å²) in [5.74, 6) is 0.910.